The van der Waals surface area contributed by atoms with E-state index in [1.54, 1.807) is 0 Å². The van der Waals surface area contributed by atoms with Gasteiger partial charge in [-0.15, -0.1) is 0 Å². The first-order valence-electron chi connectivity index (χ1n) is 2.02. The van der Waals surface area contributed by atoms with Crippen LogP contribution in [0.1, 0.15) is 0 Å². The fraction of sp³-hybridized carbons (Fsp3) is 0. The summed E-state index contributed by atoms with van der Waals surface area (Å²) in [5.41, 5.74) is 0. The minimum absolute atomic E-state index is 0. The molecular weight excluding hydrogens is 304 g/mol. The Morgan fingerprint density at radius 3 is 1.00 bits per heavy atom. The number of rotatable bonds is 2. The van der Waals surface area contributed by atoms with Crippen LogP contribution >= 0.6 is 0 Å². The van der Waals surface area contributed by atoms with E-state index in [-0.39, 0.29) is 12.3 Å². The third-order valence-electron chi connectivity index (χ3n) is 0.172. The van der Waals surface area contributed by atoms with Crippen LogP contribution in [0.3, 0.4) is 0 Å². The maximum absolute atomic E-state index is 9.53. The van der Waals surface area contributed by atoms with E-state index < -0.39 is 33.4 Å². The summed E-state index contributed by atoms with van der Waals surface area (Å²) < 4.78 is 56.3. The Labute approximate surface area is 87.4 Å². The maximum atomic E-state index is 9.53. The van der Waals surface area contributed by atoms with E-state index in [2.05, 4.69) is 2.84 Å². The van der Waals surface area contributed by atoms with Crippen LogP contribution in [0.15, 0.2) is 0 Å². The molecular formula is CH10Cr2N2O10. The van der Waals surface area contributed by atoms with Crippen molar-refractivity contribution in [2.75, 3.05) is 0 Å². The van der Waals surface area contributed by atoms with Crippen LogP contribution in [0.2, 0.25) is 0 Å². The van der Waals surface area contributed by atoms with Crippen LogP contribution in [0.4, 0.5) is 4.79 Å². The monoisotopic (exact) mass is 314 g/mol. The van der Waals surface area contributed by atoms with Crippen molar-refractivity contribution in [1.29, 1.82) is 0 Å². The number of carboxylic acid groups (broad SMARTS) is 2. The van der Waals surface area contributed by atoms with Crippen LogP contribution in [0.5, 0.6) is 0 Å². The van der Waals surface area contributed by atoms with E-state index in [1.165, 1.54) is 0 Å². The molecule has 0 heterocycles. The zero-order chi connectivity index (χ0) is 11.3. The first kappa shape index (κ1) is 23.9. The van der Waals surface area contributed by atoms with Crippen molar-refractivity contribution in [3.8, 4) is 0 Å². The molecule has 0 aromatic carbocycles. The molecule has 0 fully saturated rings. The fourth-order valence-electron chi connectivity index (χ4n) is 0.109. The van der Waals surface area contributed by atoms with Gasteiger partial charge in [0.15, 0.2) is 0 Å². The van der Waals surface area contributed by atoms with Crippen LogP contribution in [-0.4, -0.2) is 24.7 Å². The second-order valence-electron chi connectivity index (χ2n) is 1.21. The van der Waals surface area contributed by atoms with Gasteiger partial charge in [-0.1, -0.05) is 0 Å². The van der Waals surface area contributed by atoms with E-state index >= 15 is 0 Å². The van der Waals surface area contributed by atoms with E-state index in [4.69, 9.17) is 23.3 Å². The second kappa shape index (κ2) is 8.63. The molecule has 10 N–H and O–H groups in total. The molecule has 15 heavy (non-hydrogen) atoms. The Morgan fingerprint density at radius 2 is 1.00 bits per heavy atom. The normalized spacial score (nSPS) is 9.73. The van der Waals surface area contributed by atoms with Gasteiger partial charge in [-0.3, -0.25) is 0 Å². The summed E-state index contributed by atoms with van der Waals surface area (Å²) in [6, 6.07) is 0. The predicted octanol–water partition coefficient (Wildman–Crippen LogP) is -1.12. The van der Waals surface area contributed by atoms with Gasteiger partial charge in [0.25, 0.3) is 0 Å². The number of hydrogen-bond donors (Lipinski definition) is 6. The number of hydrogen-bond acceptors (Lipinski definition) is 8. The summed E-state index contributed by atoms with van der Waals surface area (Å²) in [6.07, 6.45) is -1.83. The molecule has 0 saturated heterocycles. The van der Waals surface area contributed by atoms with Crippen molar-refractivity contribution in [1.82, 2.24) is 12.3 Å². The van der Waals surface area contributed by atoms with Crippen LogP contribution in [0.25, 0.3) is 0 Å². The van der Waals surface area contributed by atoms with Gasteiger partial charge in [-0.05, 0) is 0 Å². The van der Waals surface area contributed by atoms with Crippen LogP contribution < -0.4 is 12.3 Å². The van der Waals surface area contributed by atoms with E-state index in [1.807, 2.05) is 0 Å². The second-order valence-corrected chi connectivity index (χ2v) is 4.97. The summed E-state index contributed by atoms with van der Waals surface area (Å²) >= 11 is -11.5. The molecule has 0 aliphatic carbocycles. The molecule has 0 unspecified atom stereocenters. The molecule has 12 nitrogen and oxygen atoms in total. The molecule has 0 aliphatic heterocycles. The van der Waals surface area contributed by atoms with Crippen molar-refractivity contribution in [2.45, 2.75) is 0 Å². The molecule has 0 spiro atoms. The average molecular weight is 314 g/mol. The molecule has 0 aromatic rings. The summed E-state index contributed by atoms with van der Waals surface area (Å²) in [5.74, 6) is 0. The third-order valence-corrected chi connectivity index (χ3v) is 2.92. The molecule has 0 amide bonds. The van der Waals surface area contributed by atoms with Crippen molar-refractivity contribution >= 4 is 6.16 Å². The molecule has 0 aromatic heterocycles. The Kier molecular flexibility index (Phi) is 13.7. The van der Waals surface area contributed by atoms with Gasteiger partial charge in [0.2, 0.25) is 0 Å². The molecule has 0 bridgehead atoms. The summed E-state index contributed by atoms with van der Waals surface area (Å²) in [6.45, 7) is 0. The van der Waals surface area contributed by atoms with Crippen molar-refractivity contribution in [2.24, 2.45) is 0 Å². The van der Waals surface area contributed by atoms with E-state index in [0.29, 0.717) is 0 Å². The van der Waals surface area contributed by atoms with E-state index in [0.717, 1.165) is 0 Å². The Morgan fingerprint density at radius 1 is 0.867 bits per heavy atom. The van der Waals surface area contributed by atoms with Gasteiger partial charge in [0.1, 0.15) is 0 Å². The van der Waals surface area contributed by atoms with Crippen molar-refractivity contribution in [3.63, 3.8) is 0 Å². The molecule has 0 atom stereocenters. The van der Waals surface area contributed by atoms with Crippen molar-refractivity contribution < 1.29 is 68.6 Å². The molecule has 0 saturated carbocycles. The zero-order valence-electron chi connectivity index (χ0n) is 6.97. The first-order valence-corrected chi connectivity index (χ1v) is 6.28. The van der Waals surface area contributed by atoms with Gasteiger partial charge >= 0.3 is 59.8 Å². The molecule has 0 rings (SSSR count). The predicted molar refractivity (Wildman–Crippen MR) is 29.0 cm³/mol. The molecule has 14 heteroatoms. The average Bonchev–Trinajstić information content (AvgIpc) is 1.47. The molecule has 96 valence electrons. The van der Waals surface area contributed by atoms with Gasteiger partial charge in [0, 0.05) is 0 Å². The standard InChI is InChI=1S/CH2O3.2Cr.2H3N.2H2O.5O/c2-1(3)4;;;;;;;;;;;/h(H2,2,3,4);;;2*1H3;2*1H2;;;;;/q;2*+1;;;;;;;;;/p-2. The van der Waals surface area contributed by atoms with Crippen LogP contribution in [0, 0.1) is 0 Å². The third kappa shape index (κ3) is 60.2. The van der Waals surface area contributed by atoms with Gasteiger partial charge in [0.05, 0.1) is 0 Å². The SMILES string of the molecule is N.N.O=C(O)O.[O]=[Cr](=[O])([OH])[O][Cr](=[O])(=[O])[OH]. The minimum atomic E-state index is -5.76. The van der Waals surface area contributed by atoms with E-state index in [9.17, 15) is 15.2 Å². The Balaban J connectivity index is -0.0000000883. The molecule has 0 radical (unpaired) electrons. The summed E-state index contributed by atoms with van der Waals surface area (Å²) in [4.78, 5) is 8.56. The number of carbonyl (C=O) groups is 1. The molecule has 0 aliphatic rings. The first-order chi connectivity index (χ1) is 5.44. The van der Waals surface area contributed by atoms with Gasteiger partial charge in [-0.2, -0.15) is 0 Å². The Hall–Kier alpha value is -0.665. The van der Waals surface area contributed by atoms with Gasteiger partial charge < -0.3 is 22.5 Å². The summed E-state index contributed by atoms with van der Waals surface area (Å²) in [5, 5.41) is 13.9. The van der Waals surface area contributed by atoms with Crippen molar-refractivity contribution in [3.05, 3.63) is 0 Å². The topological polar surface area (TPSA) is 245 Å². The Bertz CT molecular complexity index is 317. The summed E-state index contributed by atoms with van der Waals surface area (Å²) in [7, 11) is 0. The van der Waals surface area contributed by atoms with Gasteiger partial charge in [-0.25, -0.2) is 4.79 Å². The zero-order valence-corrected chi connectivity index (χ0v) is 9.52. The fourth-order valence-corrected chi connectivity index (χ4v) is 1.85. The van der Waals surface area contributed by atoms with Crippen LogP contribution in [-0.2, 0) is 45.3 Å². The quantitative estimate of drug-likeness (QED) is 0.354.